The predicted octanol–water partition coefficient (Wildman–Crippen LogP) is 1.68. The number of esters is 1. The van der Waals surface area contributed by atoms with Crippen molar-refractivity contribution in [2.45, 2.75) is 31.7 Å². The van der Waals surface area contributed by atoms with Gasteiger partial charge in [0.2, 0.25) is 0 Å². The van der Waals surface area contributed by atoms with Gasteiger partial charge in [-0.3, -0.25) is 9.36 Å². The molecule has 0 unspecified atom stereocenters. The Kier molecular flexibility index (Phi) is 5.20. The van der Waals surface area contributed by atoms with Crippen LogP contribution < -0.4 is 5.56 Å². The maximum Gasteiger partial charge on any atom is 0.337 e. The molecule has 1 aromatic heterocycles. The minimum Gasteiger partial charge on any atom is -0.465 e. The van der Waals surface area contributed by atoms with Gasteiger partial charge >= 0.3 is 5.97 Å². The van der Waals surface area contributed by atoms with Crippen LogP contribution in [0.5, 0.6) is 0 Å². The van der Waals surface area contributed by atoms with Crippen molar-refractivity contribution in [3.8, 4) is 0 Å². The van der Waals surface area contributed by atoms with E-state index in [1.54, 1.807) is 19.1 Å². The summed E-state index contributed by atoms with van der Waals surface area (Å²) in [5.41, 5.74) is 0.576. The fourth-order valence-electron chi connectivity index (χ4n) is 2.11. The highest BCUT2D eigenvalue weighted by atomic mass is 32.2. The summed E-state index contributed by atoms with van der Waals surface area (Å²) >= 11 is 1.42. The summed E-state index contributed by atoms with van der Waals surface area (Å²) in [6.45, 7) is 3.76. The van der Waals surface area contributed by atoms with E-state index in [2.05, 4.69) is 9.72 Å². The van der Waals surface area contributed by atoms with E-state index >= 15 is 0 Å². The van der Waals surface area contributed by atoms with Crippen molar-refractivity contribution in [3.05, 3.63) is 34.1 Å². The number of methoxy groups -OCH3 is 1. The predicted molar refractivity (Wildman–Crippen MR) is 85.4 cm³/mol. The number of hydrogen-bond donors (Lipinski definition) is 1. The Morgan fingerprint density at radius 2 is 2.23 bits per heavy atom. The molecular formula is C15H18N2O4S. The Bertz CT molecular complexity index is 755. The minimum atomic E-state index is -0.650. The molecule has 2 rings (SSSR count). The van der Waals surface area contributed by atoms with Gasteiger partial charge in [0.25, 0.3) is 5.56 Å². The smallest absolute Gasteiger partial charge is 0.337 e. The molecule has 0 radical (unpaired) electrons. The molecule has 0 amide bonds. The van der Waals surface area contributed by atoms with E-state index in [0.717, 1.165) is 5.75 Å². The molecule has 0 fully saturated rings. The second-order valence-corrected chi connectivity index (χ2v) is 6.05. The number of nitrogens with zero attached hydrogens (tertiary/aromatic N) is 2. The number of aliphatic hydroxyl groups is 1. The van der Waals surface area contributed by atoms with E-state index in [9.17, 15) is 14.7 Å². The number of thioether (sulfide) groups is 1. The highest BCUT2D eigenvalue weighted by molar-refractivity contribution is 7.99. The molecule has 0 aliphatic rings. The monoisotopic (exact) mass is 322 g/mol. The van der Waals surface area contributed by atoms with Gasteiger partial charge in [0.1, 0.15) is 0 Å². The van der Waals surface area contributed by atoms with E-state index in [1.807, 2.05) is 6.92 Å². The van der Waals surface area contributed by atoms with Crippen LogP contribution >= 0.6 is 11.8 Å². The lowest BCUT2D eigenvalue weighted by atomic mass is 10.1. The molecule has 0 aliphatic heterocycles. The largest absolute Gasteiger partial charge is 0.465 e. The van der Waals surface area contributed by atoms with Crippen molar-refractivity contribution in [2.24, 2.45) is 0 Å². The average Bonchev–Trinajstić information content (AvgIpc) is 2.49. The number of aliphatic hydroxyl groups excluding tert-OH is 1. The van der Waals surface area contributed by atoms with Crippen molar-refractivity contribution in [3.63, 3.8) is 0 Å². The van der Waals surface area contributed by atoms with Crippen LogP contribution in [0.2, 0.25) is 0 Å². The molecule has 0 spiro atoms. The molecule has 6 nitrogen and oxygen atoms in total. The number of aromatic nitrogens is 2. The molecule has 0 saturated carbocycles. The third-order valence-electron chi connectivity index (χ3n) is 3.06. The van der Waals surface area contributed by atoms with Crippen molar-refractivity contribution < 1.29 is 14.6 Å². The summed E-state index contributed by atoms with van der Waals surface area (Å²) in [7, 11) is 1.30. The molecular weight excluding hydrogens is 304 g/mol. The molecule has 118 valence electrons. The van der Waals surface area contributed by atoms with Crippen molar-refractivity contribution in [1.29, 1.82) is 0 Å². The molecule has 1 heterocycles. The van der Waals surface area contributed by atoms with Gasteiger partial charge < -0.3 is 9.84 Å². The van der Waals surface area contributed by atoms with Gasteiger partial charge in [0, 0.05) is 0 Å². The zero-order valence-corrected chi connectivity index (χ0v) is 13.5. The third kappa shape index (κ3) is 3.31. The lowest BCUT2D eigenvalue weighted by Gasteiger charge is -2.14. The van der Waals surface area contributed by atoms with Gasteiger partial charge in [-0.25, -0.2) is 9.78 Å². The van der Waals surface area contributed by atoms with Gasteiger partial charge in [-0.15, -0.1) is 0 Å². The summed E-state index contributed by atoms with van der Waals surface area (Å²) in [5, 5.41) is 10.5. The van der Waals surface area contributed by atoms with E-state index in [0.29, 0.717) is 21.6 Å². The topological polar surface area (TPSA) is 81.4 Å². The van der Waals surface area contributed by atoms with Crippen LogP contribution in [0.25, 0.3) is 10.9 Å². The molecule has 1 atom stereocenters. The molecule has 0 saturated heterocycles. The first-order valence-corrected chi connectivity index (χ1v) is 7.90. The molecule has 0 bridgehead atoms. The van der Waals surface area contributed by atoms with Gasteiger partial charge in [-0.05, 0) is 30.9 Å². The maximum absolute atomic E-state index is 12.6. The summed E-state index contributed by atoms with van der Waals surface area (Å²) in [6.07, 6.45) is -0.650. The van der Waals surface area contributed by atoms with Gasteiger partial charge in [-0.1, -0.05) is 18.7 Å². The van der Waals surface area contributed by atoms with E-state index < -0.39 is 12.1 Å². The number of benzene rings is 1. The van der Waals surface area contributed by atoms with Crippen molar-refractivity contribution in [2.75, 3.05) is 12.9 Å². The molecule has 1 aromatic carbocycles. The fourth-order valence-corrected chi connectivity index (χ4v) is 2.84. The Morgan fingerprint density at radius 3 is 2.82 bits per heavy atom. The standard InChI is InChI=1S/C15H18N2O4S/c1-4-22-15-16-12-7-10(14(20)21-3)5-6-11(12)13(19)17(15)8-9(2)18/h5-7,9,18H,4,8H2,1-3H3/t9-/m0/s1. The zero-order chi connectivity index (χ0) is 16.3. The quantitative estimate of drug-likeness (QED) is 0.512. The summed E-state index contributed by atoms with van der Waals surface area (Å²) in [6, 6.07) is 4.65. The Hall–Kier alpha value is -1.86. The molecule has 22 heavy (non-hydrogen) atoms. The normalized spacial score (nSPS) is 12.4. The number of ether oxygens (including phenoxy) is 1. The minimum absolute atomic E-state index is 0.183. The van der Waals surface area contributed by atoms with E-state index in [4.69, 9.17) is 0 Å². The van der Waals surface area contributed by atoms with Gasteiger partial charge in [0.05, 0.1) is 36.2 Å². The van der Waals surface area contributed by atoms with Crippen LogP contribution in [0.3, 0.4) is 0 Å². The second-order valence-electron chi connectivity index (χ2n) is 4.82. The summed E-state index contributed by atoms with van der Waals surface area (Å²) in [4.78, 5) is 28.6. The number of rotatable bonds is 5. The second kappa shape index (κ2) is 6.93. The number of carbonyl (C=O) groups is 1. The van der Waals surface area contributed by atoms with Gasteiger partial charge in [0.15, 0.2) is 5.16 Å². The first kappa shape index (κ1) is 16.5. The number of carbonyl (C=O) groups excluding carboxylic acids is 1. The van der Waals surface area contributed by atoms with Crippen LogP contribution in [0.4, 0.5) is 0 Å². The lowest BCUT2D eigenvalue weighted by Crippen LogP contribution is -2.28. The summed E-state index contributed by atoms with van der Waals surface area (Å²) in [5.74, 6) is 0.274. The lowest BCUT2D eigenvalue weighted by molar-refractivity contribution is 0.0601. The number of fused-ring (bicyclic) bond motifs is 1. The van der Waals surface area contributed by atoms with Crippen LogP contribution in [0, 0.1) is 0 Å². The highest BCUT2D eigenvalue weighted by Gasteiger charge is 2.15. The Balaban J connectivity index is 2.66. The SMILES string of the molecule is CCSc1nc2cc(C(=O)OC)ccc2c(=O)n1C[C@H](C)O. The Labute approximate surface area is 132 Å². The zero-order valence-electron chi connectivity index (χ0n) is 12.7. The molecule has 2 aromatic rings. The highest BCUT2D eigenvalue weighted by Crippen LogP contribution is 2.19. The Morgan fingerprint density at radius 1 is 1.50 bits per heavy atom. The van der Waals surface area contributed by atoms with E-state index in [-0.39, 0.29) is 12.1 Å². The summed E-state index contributed by atoms with van der Waals surface area (Å²) < 4.78 is 6.15. The number of hydrogen-bond acceptors (Lipinski definition) is 6. The van der Waals surface area contributed by atoms with Crippen molar-refractivity contribution in [1.82, 2.24) is 9.55 Å². The van der Waals surface area contributed by atoms with Crippen LogP contribution in [0.1, 0.15) is 24.2 Å². The molecule has 1 N–H and O–H groups in total. The van der Waals surface area contributed by atoms with Crippen LogP contribution in [-0.4, -0.2) is 39.6 Å². The van der Waals surface area contributed by atoms with Crippen LogP contribution in [-0.2, 0) is 11.3 Å². The molecule has 0 aliphatic carbocycles. The third-order valence-corrected chi connectivity index (χ3v) is 3.92. The average molecular weight is 322 g/mol. The maximum atomic E-state index is 12.6. The van der Waals surface area contributed by atoms with E-state index in [1.165, 1.54) is 29.5 Å². The van der Waals surface area contributed by atoms with Crippen molar-refractivity contribution >= 4 is 28.6 Å². The first-order valence-electron chi connectivity index (χ1n) is 6.91. The fraction of sp³-hybridized carbons (Fsp3) is 0.400. The van der Waals surface area contributed by atoms with Crippen LogP contribution in [0.15, 0.2) is 28.2 Å². The van der Waals surface area contributed by atoms with Gasteiger partial charge in [-0.2, -0.15) is 0 Å². The molecule has 7 heteroatoms. The first-order chi connectivity index (χ1) is 10.5.